The van der Waals surface area contributed by atoms with Crippen LogP contribution in [0.25, 0.3) is 6.08 Å². The molecule has 2 aromatic rings. The van der Waals surface area contributed by atoms with Crippen LogP contribution in [0.5, 0.6) is 5.88 Å². The van der Waals surface area contributed by atoms with E-state index in [1.807, 2.05) is 38.1 Å². The molecule has 0 unspecified atom stereocenters. The van der Waals surface area contributed by atoms with Crippen LogP contribution in [0.3, 0.4) is 0 Å². The van der Waals surface area contributed by atoms with Gasteiger partial charge in [0.2, 0.25) is 24.0 Å². The fourth-order valence-corrected chi connectivity index (χ4v) is 3.89. The molecule has 12 nitrogen and oxygen atoms in total. The van der Waals surface area contributed by atoms with E-state index >= 15 is 0 Å². The van der Waals surface area contributed by atoms with Crippen LogP contribution < -0.4 is 15.8 Å². The summed E-state index contributed by atoms with van der Waals surface area (Å²) in [5.41, 5.74) is 8.38. The van der Waals surface area contributed by atoms with E-state index in [0.29, 0.717) is 6.42 Å². The number of amides is 2. The van der Waals surface area contributed by atoms with Gasteiger partial charge >= 0.3 is 0 Å². The van der Waals surface area contributed by atoms with Gasteiger partial charge in [-0.15, -0.1) is 5.10 Å². The Morgan fingerprint density at radius 1 is 1.19 bits per heavy atom. The van der Waals surface area contributed by atoms with Crippen molar-refractivity contribution in [3.8, 4) is 5.88 Å². The van der Waals surface area contributed by atoms with Gasteiger partial charge in [0, 0.05) is 24.1 Å². The largest absolute Gasteiger partial charge is 0.443 e. The number of aromatic amines is 1. The molecule has 0 saturated carbocycles. The lowest BCUT2D eigenvalue weighted by atomic mass is 9.98. The summed E-state index contributed by atoms with van der Waals surface area (Å²) < 4.78 is 11.3. The SMILES string of the molecule is CC(C)c1[nH]nc(O[C@@H]2O[C@H](CO)[C@@H](O)[C@H](O)[C@H]2O)c1Cc1ccc(/C=C/CC(=O)NCC(N)=O)cc1. The van der Waals surface area contributed by atoms with Gasteiger partial charge < -0.3 is 41.0 Å². The molecule has 0 spiro atoms. The number of aromatic nitrogens is 2. The van der Waals surface area contributed by atoms with E-state index in [1.165, 1.54) is 0 Å². The minimum absolute atomic E-state index is 0.0811. The van der Waals surface area contributed by atoms with Gasteiger partial charge in [-0.05, 0) is 17.0 Å². The smallest absolute Gasteiger partial charge is 0.238 e. The third-order valence-corrected chi connectivity index (χ3v) is 5.95. The van der Waals surface area contributed by atoms with Crippen molar-refractivity contribution in [2.24, 2.45) is 5.73 Å². The van der Waals surface area contributed by atoms with E-state index in [-0.39, 0.29) is 30.7 Å². The van der Waals surface area contributed by atoms with Crippen molar-refractivity contribution in [1.29, 1.82) is 0 Å². The van der Waals surface area contributed by atoms with Gasteiger partial charge in [0.05, 0.1) is 13.2 Å². The molecule has 1 aliphatic rings. The number of aliphatic hydroxyl groups is 4. The van der Waals surface area contributed by atoms with Crippen LogP contribution in [-0.2, 0) is 20.7 Å². The van der Waals surface area contributed by atoms with E-state index in [1.54, 1.807) is 12.2 Å². The first-order valence-electron chi connectivity index (χ1n) is 12.0. The highest BCUT2D eigenvalue weighted by Gasteiger charge is 2.45. The summed E-state index contributed by atoms with van der Waals surface area (Å²) in [7, 11) is 0. The van der Waals surface area contributed by atoms with Crippen LogP contribution >= 0.6 is 0 Å². The van der Waals surface area contributed by atoms with Gasteiger partial charge in [-0.3, -0.25) is 14.7 Å². The average Bonchev–Trinajstić information content (AvgIpc) is 3.26. The van der Waals surface area contributed by atoms with Crippen LogP contribution in [-0.4, -0.2) is 86.3 Å². The molecule has 202 valence electrons. The summed E-state index contributed by atoms with van der Waals surface area (Å²) in [4.78, 5) is 22.4. The molecule has 3 rings (SSSR count). The summed E-state index contributed by atoms with van der Waals surface area (Å²) in [5, 5.41) is 49.4. The summed E-state index contributed by atoms with van der Waals surface area (Å²) in [5.74, 6) is -0.649. The van der Waals surface area contributed by atoms with E-state index in [2.05, 4.69) is 15.5 Å². The monoisotopic (exact) mass is 518 g/mol. The highest BCUT2D eigenvalue weighted by Crippen LogP contribution is 2.31. The number of nitrogens with one attached hydrogen (secondary N) is 2. The predicted molar refractivity (Wildman–Crippen MR) is 132 cm³/mol. The minimum Gasteiger partial charge on any atom is -0.443 e. The number of carbonyl (C=O) groups excluding carboxylic acids is 2. The Bertz CT molecular complexity index is 1080. The number of rotatable bonds is 11. The summed E-state index contributed by atoms with van der Waals surface area (Å²) in [6.45, 7) is 3.22. The van der Waals surface area contributed by atoms with E-state index in [0.717, 1.165) is 22.4 Å². The maximum absolute atomic E-state index is 11.7. The molecule has 8 N–H and O–H groups in total. The number of nitrogens with two attached hydrogens (primary N) is 1. The number of hydrogen-bond acceptors (Lipinski definition) is 9. The second-order valence-electron chi connectivity index (χ2n) is 9.16. The zero-order valence-electron chi connectivity index (χ0n) is 20.7. The summed E-state index contributed by atoms with van der Waals surface area (Å²) in [6, 6.07) is 7.62. The first-order chi connectivity index (χ1) is 17.6. The van der Waals surface area contributed by atoms with Gasteiger partial charge in [0.15, 0.2) is 0 Å². The summed E-state index contributed by atoms with van der Waals surface area (Å²) in [6.07, 6.45) is -3.00. The number of aliphatic hydroxyl groups excluding tert-OH is 4. The van der Waals surface area contributed by atoms with Crippen LogP contribution in [0.4, 0.5) is 0 Å². The predicted octanol–water partition coefficient (Wildman–Crippen LogP) is -0.693. The van der Waals surface area contributed by atoms with E-state index in [9.17, 15) is 30.0 Å². The minimum atomic E-state index is -1.56. The quantitative estimate of drug-likeness (QED) is 0.201. The normalized spacial score (nSPS) is 23.9. The Balaban J connectivity index is 1.70. The summed E-state index contributed by atoms with van der Waals surface area (Å²) >= 11 is 0. The van der Waals surface area contributed by atoms with Crippen molar-refractivity contribution in [3.63, 3.8) is 0 Å². The van der Waals surface area contributed by atoms with Crippen molar-refractivity contribution < 1.29 is 39.5 Å². The van der Waals surface area contributed by atoms with Crippen LogP contribution in [0.1, 0.15) is 48.6 Å². The average molecular weight is 519 g/mol. The van der Waals surface area contributed by atoms with Gasteiger partial charge in [0.25, 0.3) is 0 Å². The van der Waals surface area contributed by atoms with Crippen molar-refractivity contribution in [3.05, 3.63) is 52.7 Å². The van der Waals surface area contributed by atoms with Crippen LogP contribution in [0.15, 0.2) is 30.3 Å². The zero-order chi connectivity index (χ0) is 27.1. The molecule has 1 saturated heterocycles. The molecule has 1 aromatic heterocycles. The number of hydrogen-bond donors (Lipinski definition) is 7. The molecule has 2 heterocycles. The fraction of sp³-hybridized carbons (Fsp3) is 0.480. The van der Waals surface area contributed by atoms with E-state index in [4.69, 9.17) is 15.2 Å². The Morgan fingerprint density at radius 2 is 1.89 bits per heavy atom. The molecule has 0 aliphatic carbocycles. The molecular weight excluding hydrogens is 484 g/mol. The first-order valence-corrected chi connectivity index (χ1v) is 12.0. The molecular formula is C25H34N4O8. The molecule has 0 bridgehead atoms. The highest BCUT2D eigenvalue weighted by molar-refractivity contribution is 5.84. The molecule has 0 radical (unpaired) electrons. The van der Waals surface area contributed by atoms with Crippen LogP contribution in [0, 0.1) is 0 Å². The molecule has 12 heteroatoms. The number of carbonyl (C=O) groups is 2. The lowest BCUT2D eigenvalue weighted by Gasteiger charge is -2.39. The third kappa shape index (κ3) is 7.37. The molecule has 5 atom stereocenters. The number of H-pyrrole nitrogens is 1. The molecule has 37 heavy (non-hydrogen) atoms. The Hall–Kier alpha value is -3.29. The highest BCUT2D eigenvalue weighted by atomic mass is 16.7. The second kappa shape index (κ2) is 12.8. The number of primary amides is 1. The van der Waals surface area contributed by atoms with Gasteiger partial charge in [0.1, 0.15) is 24.4 Å². The van der Waals surface area contributed by atoms with Crippen molar-refractivity contribution in [2.45, 2.75) is 63.3 Å². The van der Waals surface area contributed by atoms with E-state index < -0.39 is 43.2 Å². The first kappa shape index (κ1) is 28.3. The molecule has 1 aliphatic heterocycles. The Labute approximate surface area is 214 Å². The molecule has 2 amide bonds. The lowest BCUT2D eigenvalue weighted by molar-refractivity contribution is -0.278. The maximum atomic E-state index is 11.7. The van der Waals surface area contributed by atoms with Gasteiger partial charge in [-0.2, -0.15) is 0 Å². The Kier molecular flexibility index (Phi) is 9.78. The van der Waals surface area contributed by atoms with Gasteiger partial charge in [-0.1, -0.05) is 50.3 Å². The van der Waals surface area contributed by atoms with Gasteiger partial charge in [-0.25, -0.2) is 0 Å². The molecule has 1 fully saturated rings. The number of ether oxygens (including phenoxy) is 2. The lowest BCUT2D eigenvalue weighted by Crippen LogP contribution is -2.60. The van der Waals surface area contributed by atoms with Crippen molar-refractivity contribution in [1.82, 2.24) is 15.5 Å². The topological polar surface area (TPSA) is 200 Å². The number of nitrogens with zero attached hydrogens (tertiary/aromatic N) is 1. The second-order valence-corrected chi connectivity index (χ2v) is 9.16. The number of benzene rings is 1. The Morgan fingerprint density at radius 3 is 2.51 bits per heavy atom. The maximum Gasteiger partial charge on any atom is 0.238 e. The standard InChI is InChI=1S/C25H34N4O8/c1-13(2)20-16(24(29-28-20)37-25-23(35)22(34)21(33)17(12-30)36-25)10-15-8-6-14(7-9-15)4-3-5-19(32)27-11-18(26)31/h3-4,6-9,13,17,21-23,25,30,33-35H,5,10-12H2,1-2H3,(H2,26,31)(H,27,32)(H,28,29)/b4-3+/t17-,21-,22+,23-,25+/m1/s1. The zero-order valence-corrected chi connectivity index (χ0v) is 20.7. The van der Waals surface area contributed by atoms with Crippen LogP contribution in [0.2, 0.25) is 0 Å². The van der Waals surface area contributed by atoms with Crippen molar-refractivity contribution >= 4 is 17.9 Å². The van der Waals surface area contributed by atoms with Crippen molar-refractivity contribution in [2.75, 3.05) is 13.2 Å². The third-order valence-electron chi connectivity index (χ3n) is 5.95. The fourth-order valence-electron chi connectivity index (χ4n) is 3.89. The molecule has 1 aromatic carbocycles.